The largest absolute Gasteiger partial charge is 0.335 e. The molecule has 7 heteroatoms. The second kappa shape index (κ2) is 6.12. The van der Waals surface area contributed by atoms with Gasteiger partial charge in [0.2, 0.25) is 0 Å². The van der Waals surface area contributed by atoms with Gasteiger partial charge in [0.1, 0.15) is 5.69 Å². The molecule has 0 aromatic carbocycles. The van der Waals surface area contributed by atoms with Gasteiger partial charge in [0.25, 0.3) is 0 Å². The first-order valence-electron chi connectivity index (χ1n) is 7.69. The molecule has 122 valence electrons. The summed E-state index contributed by atoms with van der Waals surface area (Å²) in [6.07, 6.45) is 7.14. The van der Waals surface area contributed by atoms with E-state index in [2.05, 4.69) is 41.7 Å². The molecule has 0 saturated carbocycles. The van der Waals surface area contributed by atoms with E-state index in [0.717, 1.165) is 22.0 Å². The summed E-state index contributed by atoms with van der Waals surface area (Å²) < 4.78 is 0. The zero-order valence-electron chi connectivity index (χ0n) is 13.6. The van der Waals surface area contributed by atoms with Gasteiger partial charge < -0.3 is 4.98 Å². The standard InChI is InChI=1S/C18H15N7/c1-11-13(9-15(19-2)12-5-3-7-20-10-12)16(25-24-11)18-22-14-6-4-8-21-17(14)23-18/h3-10,24H,1H2,2H3,(H,21,22,23)/b13-9+,19-15?. The van der Waals surface area contributed by atoms with E-state index >= 15 is 0 Å². The summed E-state index contributed by atoms with van der Waals surface area (Å²) in [6.45, 7) is 4.02. The first kappa shape index (κ1) is 14.9. The van der Waals surface area contributed by atoms with Crippen LogP contribution in [0.4, 0.5) is 0 Å². The average Bonchev–Trinajstić information content (AvgIpc) is 3.23. The molecule has 0 aliphatic heterocycles. The van der Waals surface area contributed by atoms with E-state index in [0.29, 0.717) is 22.5 Å². The number of rotatable bonds is 3. The van der Waals surface area contributed by atoms with E-state index in [1.165, 1.54) is 0 Å². The summed E-state index contributed by atoms with van der Waals surface area (Å²) in [5.41, 5.74) is 3.88. The minimum absolute atomic E-state index is 0.632. The number of fused-ring (bicyclic) bond motifs is 1. The fourth-order valence-corrected chi connectivity index (χ4v) is 2.61. The van der Waals surface area contributed by atoms with Crippen LogP contribution in [0.2, 0.25) is 0 Å². The van der Waals surface area contributed by atoms with Crippen molar-refractivity contribution in [2.75, 3.05) is 7.05 Å². The average molecular weight is 329 g/mol. The summed E-state index contributed by atoms with van der Waals surface area (Å²) >= 11 is 0. The van der Waals surface area contributed by atoms with Crippen LogP contribution in [0.25, 0.3) is 35.3 Å². The van der Waals surface area contributed by atoms with Gasteiger partial charge in [0, 0.05) is 36.4 Å². The Hall–Kier alpha value is -3.61. The second-order valence-electron chi connectivity index (χ2n) is 5.42. The number of hydrogen-bond acceptors (Lipinski definition) is 5. The normalized spacial score (nSPS) is 12.8. The van der Waals surface area contributed by atoms with Crippen molar-refractivity contribution in [2.24, 2.45) is 4.99 Å². The van der Waals surface area contributed by atoms with Crippen molar-refractivity contribution < 1.29 is 0 Å². The maximum absolute atomic E-state index is 4.51. The lowest BCUT2D eigenvalue weighted by molar-refractivity contribution is 1.06. The quantitative estimate of drug-likeness (QED) is 0.549. The number of imidazole rings is 1. The molecule has 4 aromatic rings. The lowest BCUT2D eigenvalue weighted by Gasteiger charge is -1.99. The third-order valence-corrected chi connectivity index (χ3v) is 3.84. The molecule has 4 aromatic heterocycles. The summed E-state index contributed by atoms with van der Waals surface area (Å²) in [5, 5.41) is 8.78. The summed E-state index contributed by atoms with van der Waals surface area (Å²) in [5.74, 6) is 0.632. The molecule has 4 rings (SSSR count). The first-order chi connectivity index (χ1) is 12.3. The van der Waals surface area contributed by atoms with Crippen LogP contribution in [0.3, 0.4) is 0 Å². The van der Waals surface area contributed by atoms with Gasteiger partial charge in [-0.1, -0.05) is 6.58 Å². The van der Waals surface area contributed by atoms with Crippen molar-refractivity contribution in [3.63, 3.8) is 0 Å². The molecule has 0 amide bonds. The minimum Gasteiger partial charge on any atom is -0.335 e. The zero-order chi connectivity index (χ0) is 17.2. The van der Waals surface area contributed by atoms with Crippen LogP contribution in [0.1, 0.15) is 5.56 Å². The monoisotopic (exact) mass is 329 g/mol. The lowest BCUT2D eigenvalue weighted by atomic mass is 10.1. The third kappa shape index (κ3) is 2.72. The highest BCUT2D eigenvalue weighted by molar-refractivity contribution is 6.20. The van der Waals surface area contributed by atoms with E-state index in [4.69, 9.17) is 0 Å². The molecule has 0 saturated heterocycles. The van der Waals surface area contributed by atoms with Gasteiger partial charge in [-0.2, -0.15) is 5.10 Å². The predicted octanol–water partition coefficient (Wildman–Crippen LogP) is 1.05. The predicted molar refractivity (Wildman–Crippen MR) is 97.4 cm³/mol. The Morgan fingerprint density at radius 1 is 1.24 bits per heavy atom. The fraction of sp³-hybridized carbons (Fsp3) is 0.0556. The van der Waals surface area contributed by atoms with E-state index in [1.54, 1.807) is 25.6 Å². The Labute approximate surface area is 142 Å². The molecular weight excluding hydrogens is 314 g/mol. The van der Waals surface area contributed by atoms with Crippen molar-refractivity contribution in [2.45, 2.75) is 0 Å². The maximum atomic E-state index is 4.51. The van der Waals surface area contributed by atoms with Crippen LogP contribution >= 0.6 is 0 Å². The summed E-state index contributed by atoms with van der Waals surface area (Å²) in [4.78, 5) is 20.5. The van der Waals surface area contributed by atoms with Gasteiger partial charge in [-0.15, -0.1) is 0 Å². The van der Waals surface area contributed by atoms with Crippen molar-refractivity contribution >= 4 is 29.5 Å². The number of H-pyrrole nitrogens is 2. The van der Waals surface area contributed by atoms with E-state index in [-0.39, 0.29) is 0 Å². The molecule has 0 spiro atoms. The Bertz CT molecular complexity index is 1140. The smallest absolute Gasteiger partial charge is 0.178 e. The number of nitrogens with zero attached hydrogens (tertiary/aromatic N) is 5. The van der Waals surface area contributed by atoms with E-state index in [1.807, 2.05) is 30.3 Å². The number of aromatic nitrogens is 6. The van der Waals surface area contributed by atoms with Gasteiger partial charge in [0.05, 0.1) is 16.6 Å². The Morgan fingerprint density at radius 3 is 2.88 bits per heavy atom. The zero-order valence-corrected chi connectivity index (χ0v) is 13.6. The number of hydrogen-bond donors (Lipinski definition) is 2. The van der Waals surface area contributed by atoms with Crippen LogP contribution < -0.4 is 10.6 Å². The van der Waals surface area contributed by atoms with Crippen LogP contribution in [-0.4, -0.2) is 42.9 Å². The molecule has 25 heavy (non-hydrogen) atoms. The van der Waals surface area contributed by atoms with Crippen molar-refractivity contribution in [3.05, 3.63) is 59.0 Å². The van der Waals surface area contributed by atoms with Crippen molar-refractivity contribution in [1.29, 1.82) is 0 Å². The summed E-state index contributed by atoms with van der Waals surface area (Å²) in [6, 6.07) is 7.62. The van der Waals surface area contributed by atoms with Gasteiger partial charge >= 0.3 is 0 Å². The van der Waals surface area contributed by atoms with E-state index < -0.39 is 0 Å². The molecule has 7 nitrogen and oxygen atoms in total. The van der Waals surface area contributed by atoms with Gasteiger partial charge in [0.15, 0.2) is 11.5 Å². The Morgan fingerprint density at radius 2 is 2.12 bits per heavy atom. The summed E-state index contributed by atoms with van der Waals surface area (Å²) in [7, 11) is 1.74. The third-order valence-electron chi connectivity index (χ3n) is 3.84. The number of pyridine rings is 2. The first-order valence-corrected chi connectivity index (χ1v) is 7.69. The number of aliphatic imine (C=N–C) groups is 1. The SMILES string of the molecule is C=c1[nH]nc(-c2nc3ncccc3[nH]2)/c1=C/C(=NC)c1cccnc1. The fourth-order valence-electron chi connectivity index (χ4n) is 2.61. The highest BCUT2D eigenvalue weighted by Gasteiger charge is 2.11. The van der Waals surface area contributed by atoms with Crippen LogP contribution in [-0.2, 0) is 0 Å². The molecule has 0 bridgehead atoms. The molecule has 0 unspecified atom stereocenters. The highest BCUT2D eigenvalue weighted by atomic mass is 15.1. The van der Waals surface area contributed by atoms with Crippen LogP contribution in [0, 0.1) is 0 Å². The number of nitrogens with one attached hydrogen (secondary N) is 2. The van der Waals surface area contributed by atoms with Crippen LogP contribution in [0.15, 0.2) is 47.8 Å². The molecule has 0 atom stereocenters. The molecule has 0 radical (unpaired) electrons. The molecule has 0 aliphatic carbocycles. The molecular formula is C18H15N7. The number of aromatic amines is 2. The van der Waals surface area contributed by atoms with Crippen molar-refractivity contribution in [1.82, 2.24) is 30.1 Å². The molecule has 4 heterocycles. The molecule has 2 N–H and O–H groups in total. The molecule has 0 aliphatic rings. The second-order valence-corrected chi connectivity index (χ2v) is 5.42. The molecule has 0 fully saturated rings. The Balaban J connectivity index is 1.89. The van der Waals surface area contributed by atoms with Crippen molar-refractivity contribution in [3.8, 4) is 11.5 Å². The van der Waals surface area contributed by atoms with Gasteiger partial charge in [-0.25, -0.2) is 9.97 Å². The minimum atomic E-state index is 0.632. The lowest BCUT2D eigenvalue weighted by Crippen LogP contribution is -2.24. The van der Waals surface area contributed by atoms with Gasteiger partial charge in [-0.05, 0) is 30.3 Å². The van der Waals surface area contributed by atoms with E-state index in [9.17, 15) is 0 Å². The Kier molecular flexibility index (Phi) is 3.66. The maximum Gasteiger partial charge on any atom is 0.178 e. The topological polar surface area (TPSA) is 95.5 Å². The highest BCUT2D eigenvalue weighted by Crippen LogP contribution is 2.13. The van der Waals surface area contributed by atoms with Crippen LogP contribution in [0.5, 0.6) is 0 Å². The van der Waals surface area contributed by atoms with Gasteiger partial charge in [-0.3, -0.25) is 15.1 Å².